The second-order valence-electron chi connectivity index (χ2n) is 4.33. The van der Waals surface area contributed by atoms with Gasteiger partial charge in [-0.05, 0) is 12.5 Å². The van der Waals surface area contributed by atoms with E-state index in [1.807, 2.05) is 6.07 Å². The van der Waals surface area contributed by atoms with Crippen molar-refractivity contribution >= 4 is 0 Å². The summed E-state index contributed by atoms with van der Waals surface area (Å²) in [6.45, 7) is 2.20. The van der Waals surface area contributed by atoms with Crippen LogP contribution in [0.15, 0.2) is 24.3 Å². The maximum Gasteiger partial charge on any atom is 0.127 e. The highest BCUT2D eigenvalue weighted by Gasteiger charge is 2.09. The maximum atomic E-state index is 13.4. The van der Waals surface area contributed by atoms with Crippen LogP contribution in [0.25, 0.3) is 0 Å². The van der Waals surface area contributed by atoms with E-state index in [9.17, 15) is 4.39 Å². The van der Waals surface area contributed by atoms with Crippen LogP contribution >= 0.6 is 0 Å². The molecule has 1 aromatic rings. The van der Waals surface area contributed by atoms with Crippen molar-refractivity contribution < 1.29 is 4.39 Å². The minimum Gasteiger partial charge on any atom is -0.324 e. The van der Waals surface area contributed by atoms with E-state index in [4.69, 9.17) is 5.73 Å². The molecular formula is C14H22FN. The summed E-state index contributed by atoms with van der Waals surface area (Å²) < 4.78 is 13.4. The molecule has 1 aromatic carbocycles. The van der Waals surface area contributed by atoms with E-state index >= 15 is 0 Å². The Kier molecular flexibility index (Phi) is 6.09. The van der Waals surface area contributed by atoms with E-state index < -0.39 is 0 Å². The zero-order chi connectivity index (χ0) is 11.8. The molecular weight excluding hydrogens is 201 g/mol. The largest absolute Gasteiger partial charge is 0.324 e. The first kappa shape index (κ1) is 13.2. The molecule has 0 aliphatic heterocycles. The molecule has 0 aliphatic rings. The lowest BCUT2D eigenvalue weighted by Crippen LogP contribution is -2.11. The van der Waals surface area contributed by atoms with E-state index in [1.165, 1.54) is 31.7 Å². The fourth-order valence-corrected chi connectivity index (χ4v) is 1.90. The molecule has 1 atom stereocenters. The van der Waals surface area contributed by atoms with Gasteiger partial charge in [-0.15, -0.1) is 0 Å². The van der Waals surface area contributed by atoms with E-state index in [2.05, 4.69) is 6.92 Å². The van der Waals surface area contributed by atoms with Crippen molar-refractivity contribution in [2.75, 3.05) is 0 Å². The monoisotopic (exact) mass is 223 g/mol. The van der Waals surface area contributed by atoms with Crippen LogP contribution in [0.5, 0.6) is 0 Å². The third-order valence-corrected chi connectivity index (χ3v) is 2.92. The van der Waals surface area contributed by atoms with Crippen molar-refractivity contribution in [1.82, 2.24) is 0 Å². The molecule has 16 heavy (non-hydrogen) atoms. The van der Waals surface area contributed by atoms with Gasteiger partial charge in [-0.3, -0.25) is 0 Å². The molecule has 0 saturated heterocycles. The van der Waals surface area contributed by atoms with Crippen molar-refractivity contribution in [3.8, 4) is 0 Å². The summed E-state index contributed by atoms with van der Waals surface area (Å²) in [6, 6.07) is 6.66. The average Bonchev–Trinajstić information content (AvgIpc) is 2.29. The number of halogens is 1. The van der Waals surface area contributed by atoms with Gasteiger partial charge < -0.3 is 5.73 Å². The third kappa shape index (κ3) is 4.31. The molecule has 0 saturated carbocycles. The molecule has 90 valence electrons. The Labute approximate surface area is 97.9 Å². The molecule has 1 rings (SSSR count). The lowest BCUT2D eigenvalue weighted by Gasteiger charge is -2.12. The van der Waals surface area contributed by atoms with Gasteiger partial charge in [0.05, 0.1) is 0 Å². The van der Waals surface area contributed by atoms with Crippen molar-refractivity contribution in [2.45, 2.75) is 51.5 Å². The van der Waals surface area contributed by atoms with Crippen molar-refractivity contribution in [2.24, 2.45) is 5.73 Å². The van der Waals surface area contributed by atoms with Gasteiger partial charge in [0, 0.05) is 11.6 Å². The van der Waals surface area contributed by atoms with E-state index in [0.29, 0.717) is 5.56 Å². The molecule has 1 unspecified atom stereocenters. The minimum atomic E-state index is -0.177. The summed E-state index contributed by atoms with van der Waals surface area (Å²) in [5, 5.41) is 0. The first-order valence-corrected chi connectivity index (χ1v) is 6.25. The quantitative estimate of drug-likeness (QED) is 0.689. The van der Waals surface area contributed by atoms with Gasteiger partial charge >= 0.3 is 0 Å². The smallest absolute Gasteiger partial charge is 0.127 e. The topological polar surface area (TPSA) is 26.0 Å². The molecule has 0 aliphatic carbocycles. The van der Waals surface area contributed by atoms with Gasteiger partial charge in [0.1, 0.15) is 5.82 Å². The summed E-state index contributed by atoms with van der Waals surface area (Å²) in [5.41, 5.74) is 6.62. The zero-order valence-electron chi connectivity index (χ0n) is 10.1. The number of nitrogens with two attached hydrogens (primary N) is 1. The Morgan fingerprint density at radius 2 is 1.81 bits per heavy atom. The van der Waals surface area contributed by atoms with Gasteiger partial charge in [-0.25, -0.2) is 4.39 Å². The van der Waals surface area contributed by atoms with Crippen LogP contribution in [0.2, 0.25) is 0 Å². The van der Waals surface area contributed by atoms with Crippen LogP contribution in [0.3, 0.4) is 0 Å². The van der Waals surface area contributed by atoms with Crippen LogP contribution in [0, 0.1) is 5.82 Å². The molecule has 2 N–H and O–H groups in total. The Morgan fingerprint density at radius 1 is 1.12 bits per heavy atom. The van der Waals surface area contributed by atoms with Crippen LogP contribution in [-0.4, -0.2) is 0 Å². The molecule has 1 nitrogen and oxygen atoms in total. The molecule has 0 fully saturated rings. The lowest BCUT2D eigenvalue weighted by atomic mass is 10.0. The fourth-order valence-electron chi connectivity index (χ4n) is 1.90. The summed E-state index contributed by atoms with van der Waals surface area (Å²) >= 11 is 0. The Bertz CT molecular complexity index is 299. The first-order valence-electron chi connectivity index (χ1n) is 6.25. The predicted molar refractivity (Wildman–Crippen MR) is 66.7 cm³/mol. The van der Waals surface area contributed by atoms with E-state index in [0.717, 1.165) is 12.8 Å². The van der Waals surface area contributed by atoms with Crippen molar-refractivity contribution in [3.05, 3.63) is 35.6 Å². The minimum absolute atomic E-state index is 0.150. The molecule has 0 radical (unpaired) electrons. The predicted octanol–water partition coefficient (Wildman–Crippen LogP) is 4.19. The summed E-state index contributed by atoms with van der Waals surface area (Å²) in [6.07, 6.45) is 6.98. The number of rotatable bonds is 7. The van der Waals surface area contributed by atoms with Gasteiger partial charge in [0.15, 0.2) is 0 Å². The molecule has 0 amide bonds. The summed E-state index contributed by atoms with van der Waals surface area (Å²) in [5.74, 6) is -0.177. The number of benzene rings is 1. The number of hydrogen-bond acceptors (Lipinski definition) is 1. The molecule has 0 aromatic heterocycles. The summed E-state index contributed by atoms with van der Waals surface area (Å²) in [7, 11) is 0. The van der Waals surface area contributed by atoms with E-state index in [1.54, 1.807) is 12.1 Å². The maximum absolute atomic E-state index is 13.4. The van der Waals surface area contributed by atoms with E-state index in [-0.39, 0.29) is 11.9 Å². The third-order valence-electron chi connectivity index (χ3n) is 2.92. The second-order valence-corrected chi connectivity index (χ2v) is 4.33. The Morgan fingerprint density at radius 3 is 2.50 bits per heavy atom. The SMILES string of the molecule is CCCCCCCC(N)c1ccccc1F. The number of hydrogen-bond donors (Lipinski definition) is 1. The van der Waals surface area contributed by atoms with Crippen molar-refractivity contribution in [1.29, 1.82) is 0 Å². The highest BCUT2D eigenvalue weighted by molar-refractivity contribution is 5.20. The van der Waals surface area contributed by atoms with Crippen molar-refractivity contribution in [3.63, 3.8) is 0 Å². The van der Waals surface area contributed by atoms with Crippen LogP contribution in [0.1, 0.15) is 57.1 Å². The summed E-state index contributed by atoms with van der Waals surface area (Å²) in [4.78, 5) is 0. The lowest BCUT2D eigenvalue weighted by molar-refractivity contribution is 0.527. The number of unbranched alkanes of at least 4 members (excludes halogenated alkanes) is 4. The fraction of sp³-hybridized carbons (Fsp3) is 0.571. The molecule has 0 bridgehead atoms. The standard InChI is InChI=1S/C14H22FN/c1-2-3-4-5-6-11-14(16)12-9-7-8-10-13(12)15/h7-10,14H,2-6,11,16H2,1H3. The molecule has 2 heteroatoms. The van der Waals surface area contributed by atoms with Gasteiger partial charge in [-0.1, -0.05) is 57.2 Å². The molecule has 0 heterocycles. The Hall–Kier alpha value is -0.890. The highest BCUT2D eigenvalue weighted by atomic mass is 19.1. The molecule has 0 spiro atoms. The van der Waals surface area contributed by atoms with Gasteiger partial charge in [-0.2, -0.15) is 0 Å². The van der Waals surface area contributed by atoms with Crippen LogP contribution in [0.4, 0.5) is 4.39 Å². The first-order chi connectivity index (χ1) is 7.75. The highest BCUT2D eigenvalue weighted by Crippen LogP contribution is 2.20. The Balaban J connectivity index is 2.30. The average molecular weight is 223 g/mol. The van der Waals surface area contributed by atoms with Gasteiger partial charge in [0.25, 0.3) is 0 Å². The second kappa shape index (κ2) is 7.39. The normalized spacial score (nSPS) is 12.7. The van der Waals surface area contributed by atoms with Crippen LogP contribution < -0.4 is 5.73 Å². The van der Waals surface area contributed by atoms with Gasteiger partial charge in [0.2, 0.25) is 0 Å². The zero-order valence-corrected chi connectivity index (χ0v) is 10.1. The van der Waals surface area contributed by atoms with Crippen LogP contribution in [-0.2, 0) is 0 Å².